The normalized spacial score (nSPS) is 13.2. The molecule has 0 atom stereocenters. The highest BCUT2D eigenvalue weighted by Crippen LogP contribution is 2.27. The van der Waals surface area contributed by atoms with E-state index in [0.717, 1.165) is 0 Å². The number of imide groups is 1. The Balaban J connectivity index is 1.88. The van der Waals surface area contributed by atoms with Crippen LogP contribution in [0.1, 0.15) is 44.9 Å². The molecule has 2 aromatic rings. The van der Waals surface area contributed by atoms with Gasteiger partial charge in [-0.2, -0.15) is 0 Å². The van der Waals surface area contributed by atoms with E-state index in [1.54, 1.807) is 32.0 Å². The number of ether oxygens (including phenoxy) is 1. The maximum absolute atomic E-state index is 12.5. The summed E-state index contributed by atoms with van der Waals surface area (Å²) in [5.74, 6) is -2.04. The van der Waals surface area contributed by atoms with Gasteiger partial charge in [0.15, 0.2) is 0 Å². The standard InChI is InChI=1S/C18H14ClNO5/c1-10(2)24-15-8-7-11(19)9-14(15)18(23)25-20-16(21)12-5-3-4-6-13(12)17(20)22/h3-10H,1-2H3. The zero-order chi connectivity index (χ0) is 18.1. The first kappa shape index (κ1) is 17.0. The topological polar surface area (TPSA) is 72.9 Å². The minimum Gasteiger partial charge on any atom is -0.490 e. The summed E-state index contributed by atoms with van der Waals surface area (Å²) in [6.45, 7) is 3.60. The van der Waals surface area contributed by atoms with Gasteiger partial charge in [-0.25, -0.2) is 4.79 Å². The fourth-order valence-corrected chi connectivity index (χ4v) is 2.57. The molecule has 3 rings (SSSR count). The van der Waals surface area contributed by atoms with Gasteiger partial charge in [0, 0.05) is 5.02 Å². The second kappa shape index (κ2) is 6.57. The largest absolute Gasteiger partial charge is 0.490 e. The van der Waals surface area contributed by atoms with E-state index in [1.165, 1.54) is 24.3 Å². The van der Waals surface area contributed by atoms with Gasteiger partial charge in [0.1, 0.15) is 11.3 Å². The van der Waals surface area contributed by atoms with Gasteiger partial charge in [0.05, 0.1) is 17.2 Å². The van der Waals surface area contributed by atoms with Crippen LogP contribution in [0.15, 0.2) is 42.5 Å². The quantitative estimate of drug-likeness (QED) is 0.781. The fraction of sp³-hybridized carbons (Fsp3) is 0.167. The molecule has 0 saturated heterocycles. The summed E-state index contributed by atoms with van der Waals surface area (Å²) in [5, 5.41) is 0.748. The lowest BCUT2D eigenvalue weighted by atomic mass is 10.1. The Labute approximate surface area is 148 Å². The zero-order valence-electron chi connectivity index (χ0n) is 13.5. The van der Waals surface area contributed by atoms with Crippen LogP contribution in [0, 0.1) is 0 Å². The van der Waals surface area contributed by atoms with Crippen LogP contribution >= 0.6 is 11.6 Å². The maximum Gasteiger partial charge on any atom is 0.367 e. The van der Waals surface area contributed by atoms with Crippen molar-refractivity contribution in [3.63, 3.8) is 0 Å². The fourth-order valence-electron chi connectivity index (χ4n) is 2.40. The van der Waals surface area contributed by atoms with Crippen LogP contribution in [0.25, 0.3) is 0 Å². The Bertz CT molecular complexity index is 843. The first-order valence-electron chi connectivity index (χ1n) is 7.55. The van der Waals surface area contributed by atoms with Crippen molar-refractivity contribution in [2.45, 2.75) is 20.0 Å². The van der Waals surface area contributed by atoms with Crippen LogP contribution in [0.3, 0.4) is 0 Å². The van der Waals surface area contributed by atoms with Crippen molar-refractivity contribution in [3.05, 3.63) is 64.2 Å². The molecular weight excluding hydrogens is 346 g/mol. The van der Waals surface area contributed by atoms with Gasteiger partial charge in [-0.15, -0.1) is 0 Å². The van der Waals surface area contributed by atoms with Crippen molar-refractivity contribution >= 4 is 29.4 Å². The summed E-state index contributed by atoms with van der Waals surface area (Å²) >= 11 is 5.93. The van der Waals surface area contributed by atoms with Gasteiger partial charge in [0.2, 0.25) is 0 Å². The third-order valence-corrected chi connectivity index (χ3v) is 3.69. The summed E-state index contributed by atoms with van der Waals surface area (Å²) in [4.78, 5) is 42.1. The van der Waals surface area contributed by atoms with E-state index in [9.17, 15) is 14.4 Å². The Hall–Kier alpha value is -2.86. The third-order valence-electron chi connectivity index (χ3n) is 3.46. The van der Waals surface area contributed by atoms with Crippen molar-refractivity contribution in [1.29, 1.82) is 0 Å². The molecule has 0 bridgehead atoms. The molecule has 2 aromatic carbocycles. The molecule has 2 amide bonds. The Morgan fingerprint density at radius 2 is 1.64 bits per heavy atom. The smallest absolute Gasteiger partial charge is 0.367 e. The third kappa shape index (κ3) is 3.21. The van der Waals surface area contributed by atoms with Crippen LogP contribution in [0.5, 0.6) is 5.75 Å². The average Bonchev–Trinajstić information content (AvgIpc) is 2.81. The number of hydrogen-bond donors (Lipinski definition) is 0. The van der Waals surface area contributed by atoms with E-state index in [0.29, 0.717) is 10.1 Å². The summed E-state index contributed by atoms with van der Waals surface area (Å²) in [6.07, 6.45) is -0.188. The van der Waals surface area contributed by atoms with E-state index in [-0.39, 0.29) is 28.5 Å². The van der Waals surface area contributed by atoms with Crippen LogP contribution in [-0.4, -0.2) is 29.0 Å². The van der Waals surface area contributed by atoms with Gasteiger partial charge in [-0.05, 0) is 44.2 Å². The highest BCUT2D eigenvalue weighted by Gasteiger charge is 2.39. The van der Waals surface area contributed by atoms with E-state index in [1.807, 2.05) is 0 Å². The second-order valence-corrected chi connectivity index (χ2v) is 6.07. The molecule has 0 aliphatic carbocycles. The number of carbonyl (C=O) groups excluding carboxylic acids is 3. The van der Waals surface area contributed by atoms with Crippen LogP contribution in [0.2, 0.25) is 5.02 Å². The first-order chi connectivity index (χ1) is 11.9. The number of hydroxylamine groups is 2. The van der Waals surface area contributed by atoms with Crippen LogP contribution in [-0.2, 0) is 4.84 Å². The molecule has 0 saturated carbocycles. The summed E-state index contributed by atoms with van der Waals surface area (Å²) in [5.41, 5.74) is 0.396. The number of benzene rings is 2. The predicted octanol–water partition coefficient (Wildman–Crippen LogP) is 3.50. The lowest BCUT2D eigenvalue weighted by molar-refractivity contribution is -0.0587. The molecule has 7 heteroatoms. The minimum atomic E-state index is -0.910. The van der Waals surface area contributed by atoms with Gasteiger partial charge < -0.3 is 9.57 Å². The van der Waals surface area contributed by atoms with Gasteiger partial charge in [-0.3, -0.25) is 9.59 Å². The SMILES string of the molecule is CC(C)Oc1ccc(Cl)cc1C(=O)ON1C(=O)c2ccccc2C1=O. The van der Waals surface area contributed by atoms with E-state index in [2.05, 4.69) is 0 Å². The molecule has 6 nitrogen and oxygen atoms in total. The summed E-state index contributed by atoms with van der Waals surface area (Å²) in [6, 6.07) is 10.7. The molecule has 0 spiro atoms. The first-order valence-corrected chi connectivity index (χ1v) is 7.92. The molecule has 0 radical (unpaired) electrons. The molecule has 0 N–H and O–H groups in total. The molecular formula is C18H14ClNO5. The Morgan fingerprint density at radius 1 is 1.04 bits per heavy atom. The lowest BCUT2D eigenvalue weighted by Gasteiger charge is -2.16. The highest BCUT2D eigenvalue weighted by atomic mass is 35.5. The van der Waals surface area contributed by atoms with Crippen molar-refractivity contribution in [2.75, 3.05) is 0 Å². The number of fused-ring (bicyclic) bond motifs is 1. The van der Waals surface area contributed by atoms with Gasteiger partial charge >= 0.3 is 5.97 Å². The molecule has 0 fully saturated rings. The number of carbonyl (C=O) groups is 3. The zero-order valence-corrected chi connectivity index (χ0v) is 14.2. The number of halogens is 1. The molecule has 1 aliphatic rings. The van der Waals surface area contributed by atoms with Gasteiger partial charge in [-0.1, -0.05) is 28.8 Å². The number of rotatable bonds is 4. The highest BCUT2D eigenvalue weighted by molar-refractivity contribution is 6.31. The average molecular weight is 360 g/mol. The van der Waals surface area contributed by atoms with E-state index >= 15 is 0 Å². The molecule has 128 valence electrons. The Morgan fingerprint density at radius 3 is 2.20 bits per heavy atom. The molecule has 1 heterocycles. The summed E-state index contributed by atoms with van der Waals surface area (Å²) < 4.78 is 5.55. The molecule has 0 unspecified atom stereocenters. The molecule has 1 aliphatic heterocycles. The van der Waals surface area contributed by atoms with Crippen molar-refractivity contribution in [3.8, 4) is 5.75 Å². The Kier molecular flexibility index (Phi) is 4.46. The lowest BCUT2D eigenvalue weighted by Crippen LogP contribution is -2.32. The number of amides is 2. The monoisotopic (exact) mass is 359 g/mol. The van der Waals surface area contributed by atoms with E-state index < -0.39 is 17.8 Å². The van der Waals surface area contributed by atoms with Gasteiger partial charge in [0.25, 0.3) is 11.8 Å². The number of hydrogen-bond acceptors (Lipinski definition) is 5. The van der Waals surface area contributed by atoms with Crippen molar-refractivity contribution < 1.29 is 24.0 Å². The second-order valence-electron chi connectivity index (χ2n) is 5.64. The summed E-state index contributed by atoms with van der Waals surface area (Å²) in [7, 11) is 0. The van der Waals surface area contributed by atoms with Crippen LogP contribution < -0.4 is 4.74 Å². The van der Waals surface area contributed by atoms with Crippen LogP contribution in [0.4, 0.5) is 0 Å². The van der Waals surface area contributed by atoms with Crippen molar-refractivity contribution in [1.82, 2.24) is 5.06 Å². The van der Waals surface area contributed by atoms with E-state index in [4.69, 9.17) is 21.2 Å². The molecule has 0 aromatic heterocycles. The van der Waals surface area contributed by atoms with Crippen molar-refractivity contribution in [2.24, 2.45) is 0 Å². The predicted molar refractivity (Wildman–Crippen MR) is 89.6 cm³/mol. The molecule has 25 heavy (non-hydrogen) atoms. The number of nitrogens with zero attached hydrogens (tertiary/aromatic N) is 1. The maximum atomic E-state index is 12.5. The minimum absolute atomic E-state index is 0.0257.